The van der Waals surface area contributed by atoms with Gasteiger partial charge in [-0.05, 0) is 34.9 Å². The van der Waals surface area contributed by atoms with Gasteiger partial charge in [0, 0.05) is 28.7 Å². The summed E-state index contributed by atoms with van der Waals surface area (Å²) in [5.74, 6) is 0.433. The number of nitrogens with zero attached hydrogens (tertiary/aromatic N) is 1. The van der Waals surface area contributed by atoms with Crippen molar-refractivity contribution in [3.8, 4) is 6.07 Å². The molecule has 0 spiro atoms. The van der Waals surface area contributed by atoms with Crippen LogP contribution in [0, 0.1) is 11.3 Å². The molecule has 0 saturated heterocycles. The van der Waals surface area contributed by atoms with E-state index in [0.29, 0.717) is 34.5 Å². The van der Waals surface area contributed by atoms with E-state index in [0.717, 1.165) is 22.3 Å². The summed E-state index contributed by atoms with van der Waals surface area (Å²) >= 11 is 12.8. The molecule has 1 unspecified atom stereocenters. The molecule has 140 valence electrons. The summed E-state index contributed by atoms with van der Waals surface area (Å²) in [5.41, 5.74) is 10.1. The van der Waals surface area contributed by atoms with Crippen LogP contribution in [-0.2, 0) is 4.74 Å². The van der Waals surface area contributed by atoms with Crippen molar-refractivity contribution in [1.82, 2.24) is 5.32 Å². The Morgan fingerprint density at radius 2 is 1.79 bits per heavy atom. The Hall–Kier alpha value is -2.71. The molecule has 2 heterocycles. The average Bonchev–Trinajstić information content (AvgIpc) is 2.70. The molecule has 0 aliphatic carbocycles. The molecule has 6 heteroatoms. The van der Waals surface area contributed by atoms with Crippen LogP contribution in [0.25, 0.3) is 6.08 Å². The average molecular weight is 410 g/mol. The van der Waals surface area contributed by atoms with Gasteiger partial charge in [-0.1, -0.05) is 59.6 Å². The van der Waals surface area contributed by atoms with Crippen LogP contribution >= 0.6 is 23.2 Å². The molecule has 2 aromatic carbocycles. The predicted molar refractivity (Wildman–Crippen MR) is 111 cm³/mol. The number of allylic oxidation sites excluding steroid dienone is 1. The Bertz CT molecular complexity index is 1080. The maximum Gasteiger partial charge on any atom is 0.205 e. The van der Waals surface area contributed by atoms with Crippen LogP contribution in [0.15, 0.2) is 76.9 Å². The van der Waals surface area contributed by atoms with Crippen LogP contribution in [0.3, 0.4) is 0 Å². The molecular weight excluding hydrogens is 393 g/mol. The van der Waals surface area contributed by atoms with Gasteiger partial charge in [0.25, 0.3) is 0 Å². The molecule has 0 bridgehead atoms. The van der Waals surface area contributed by atoms with Crippen LogP contribution in [0.2, 0.25) is 10.0 Å². The smallest absolute Gasteiger partial charge is 0.205 e. The van der Waals surface area contributed by atoms with E-state index in [-0.39, 0.29) is 11.8 Å². The third-order valence-electron chi connectivity index (χ3n) is 4.90. The summed E-state index contributed by atoms with van der Waals surface area (Å²) in [7, 11) is 0. The molecule has 0 amide bonds. The first-order valence-corrected chi connectivity index (χ1v) is 9.57. The highest BCUT2D eigenvalue weighted by Gasteiger charge is 2.36. The molecule has 2 aliphatic heterocycles. The maximum atomic E-state index is 9.73. The third kappa shape index (κ3) is 3.29. The normalized spacial score (nSPS) is 20.6. The van der Waals surface area contributed by atoms with Crippen molar-refractivity contribution in [2.24, 2.45) is 5.73 Å². The van der Waals surface area contributed by atoms with Gasteiger partial charge in [0.05, 0.1) is 5.92 Å². The summed E-state index contributed by atoms with van der Waals surface area (Å²) in [6.45, 7) is 1.18. The first-order valence-electron chi connectivity index (χ1n) is 8.81. The lowest BCUT2D eigenvalue weighted by Gasteiger charge is -2.34. The van der Waals surface area contributed by atoms with Gasteiger partial charge in [-0.15, -0.1) is 0 Å². The minimum absolute atomic E-state index is 0.109. The zero-order chi connectivity index (χ0) is 19.7. The van der Waals surface area contributed by atoms with Gasteiger partial charge >= 0.3 is 0 Å². The van der Waals surface area contributed by atoms with E-state index in [1.165, 1.54) is 0 Å². The SMILES string of the molecule is N#CC1=C(N)OC2=C(CNCC2=Cc2ccccc2Cl)C1c1ccccc1Cl. The molecule has 4 nitrogen and oxygen atoms in total. The fraction of sp³-hybridized carbons (Fsp3) is 0.136. The van der Waals surface area contributed by atoms with E-state index >= 15 is 0 Å². The van der Waals surface area contributed by atoms with Crippen molar-refractivity contribution in [2.75, 3.05) is 13.1 Å². The van der Waals surface area contributed by atoms with E-state index in [1.54, 1.807) is 0 Å². The fourth-order valence-electron chi connectivity index (χ4n) is 3.61. The highest BCUT2D eigenvalue weighted by atomic mass is 35.5. The van der Waals surface area contributed by atoms with Crippen molar-refractivity contribution < 1.29 is 4.74 Å². The van der Waals surface area contributed by atoms with Gasteiger partial charge in [-0.2, -0.15) is 5.26 Å². The second-order valence-electron chi connectivity index (χ2n) is 6.60. The zero-order valence-electron chi connectivity index (χ0n) is 14.9. The number of halogens is 2. The number of hydrogen-bond donors (Lipinski definition) is 2. The number of hydrogen-bond acceptors (Lipinski definition) is 4. The van der Waals surface area contributed by atoms with Crippen molar-refractivity contribution in [3.63, 3.8) is 0 Å². The number of ether oxygens (including phenoxy) is 1. The van der Waals surface area contributed by atoms with E-state index < -0.39 is 0 Å². The van der Waals surface area contributed by atoms with Crippen LogP contribution in [0.4, 0.5) is 0 Å². The Labute approximate surface area is 173 Å². The molecule has 0 fully saturated rings. The number of nitrogens with two attached hydrogens (primary N) is 1. The van der Waals surface area contributed by atoms with Gasteiger partial charge in [0.2, 0.25) is 5.88 Å². The Morgan fingerprint density at radius 1 is 1.07 bits per heavy atom. The summed E-state index contributed by atoms with van der Waals surface area (Å²) in [4.78, 5) is 0. The maximum absolute atomic E-state index is 9.73. The Morgan fingerprint density at radius 3 is 2.50 bits per heavy atom. The highest BCUT2D eigenvalue weighted by Crippen LogP contribution is 2.44. The predicted octanol–water partition coefficient (Wildman–Crippen LogP) is 4.74. The lowest BCUT2D eigenvalue weighted by atomic mass is 9.80. The topological polar surface area (TPSA) is 71.1 Å². The van der Waals surface area contributed by atoms with Crippen LogP contribution in [0.1, 0.15) is 17.0 Å². The zero-order valence-corrected chi connectivity index (χ0v) is 16.4. The molecule has 2 aromatic rings. The molecule has 0 saturated carbocycles. The van der Waals surface area contributed by atoms with Gasteiger partial charge in [0.1, 0.15) is 17.4 Å². The van der Waals surface area contributed by atoms with Crippen molar-refractivity contribution in [3.05, 3.63) is 98.1 Å². The highest BCUT2D eigenvalue weighted by molar-refractivity contribution is 6.32. The van der Waals surface area contributed by atoms with Crippen molar-refractivity contribution in [2.45, 2.75) is 5.92 Å². The monoisotopic (exact) mass is 409 g/mol. The van der Waals surface area contributed by atoms with Crippen molar-refractivity contribution >= 4 is 29.3 Å². The first-order chi connectivity index (χ1) is 13.6. The quantitative estimate of drug-likeness (QED) is 0.750. The second-order valence-corrected chi connectivity index (χ2v) is 7.41. The molecule has 0 aromatic heterocycles. The lowest BCUT2D eigenvalue weighted by molar-refractivity contribution is 0.279. The molecule has 3 N–H and O–H groups in total. The van der Waals surface area contributed by atoms with Gasteiger partial charge in [-0.25, -0.2) is 0 Å². The van der Waals surface area contributed by atoms with E-state index in [1.807, 2.05) is 54.6 Å². The number of nitrogens with one attached hydrogen (secondary N) is 1. The summed E-state index contributed by atoms with van der Waals surface area (Å²) in [6, 6.07) is 17.3. The first kappa shape index (κ1) is 18.6. The largest absolute Gasteiger partial charge is 0.440 e. The van der Waals surface area contributed by atoms with E-state index in [9.17, 15) is 5.26 Å². The van der Waals surface area contributed by atoms with Crippen LogP contribution < -0.4 is 11.1 Å². The Kier molecular flexibility index (Phi) is 5.15. The molecule has 1 atom stereocenters. The summed E-state index contributed by atoms with van der Waals surface area (Å²) < 4.78 is 5.93. The van der Waals surface area contributed by atoms with Gasteiger partial charge < -0.3 is 15.8 Å². The molecule has 28 heavy (non-hydrogen) atoms. The molecule has 4 rings (SSSR count). The molecule has 2 aliphatic rings. The van der Waals surface area contributed by atoms with Crippen LogP contribution in [-0.4, -0.2) is 13.1 Å². The Balaban J connectivity index is 1.88. The summed E-state index contributed by atoms with van der Waals surface area (Å²) in [5, 5.41) is 14.4. The van der Waals surface area contributed by atoms with Gasteiger partial charge in [0.15, 0.2) is 0 Å². The van der Waals surface area contributed by atoms with Crippen molar-refractivity contribution in [1.29, 1.82) is 5.26 Å². The lowest BCUT2D eigenvalue weighted by Crippen LogP contribution is -2.34. The standard InChI is InChI=1S/C22H17Cl2N3O/c23-18-7-3-1-5-13(18)9-14-11-27-12-17-20(15-6-2-4-8-19(15)24)16(10-25)22(26)28-21(14)17/h1-9,20,27H,11-12,26H2. The third-order valence-corrected chi connectivity index (χ3v) is 5.59. The molecule has 0 radical (unpaired) electrons. The minimum Gasteiger partial charge on any atom is -0.440 e. The van der Waals surface area contributed by atoms with E-state index in [4.69, 9.17) is 33.7 Å². The van der Waals surface area contributed by atoms with Crippen LogP contribution in [0.5, 0.6) is 0 Å². The second kappa shape index (κ2) is 7.73. The summed E-state index contributed by atoms with van der Waals surface area (Å²) in [6.07, 6.45) is 1.98. The molecular formula is C22H17Cl2N3O. The number of benzene rings is 2. The minimum atomic E-state index is -0.357. The fourth-order valence-corrected chi connectivity index (χ4v) is 4.05. The van der Waals surface area contributed by atoms with Gasteiger partial charge in [-0.3, -0.25) is 0 Å². The number of rotatable bonds is 2. The van der Waals surface area contributed by atoms with E-state index in [2.05, 4.69) is 11.4 Å². The number of nitriles is 1.